The molecule has 7 rings (SSSR count). The van der Waals surface area contributed by atoms with Crippen LogP contribution in [0.4, 0.5) is 0 Å². The highest BCUT2D eigenvalue weighted by atomic mass is 28.4. The van der Waals surface area contributed by atoms with Crippen LogP contribution in [0.2, 0.25) is 6.04 Å². The van der Waals surface area contributed by atoms with Gasteiger partial charge in [0.2, 0.25) is 0 Å². The summed E-state index contributed by atoms with van der Waals surface area (Å²) in [6.07, 6.45) is 6.90. The first kappa shape index (κ1) is 32.0. The van der Waals surface area contributed by atoms with Crippen LogP contribution in [0.1, 0.15) is 78.2 Å². The van der Waals surface area contributed by atoms with Crippen LogP contribution >= 0.6 is 0 Å². The lowest BCUT2D eigenvalue weighted by Gasteiger charge is -2.62. The Labute approximate surface area is 277 Å². The van der Waals surface area contributed by atoms with Crippen molar-refractivity contribution < 1.29 is 18.7 Å². The fraction of sp³-hybridized carbons (Fsp3) is 0.537. The largest absolute Gasteiger partial charge is 0.404 e. The Balaban J connectivity index is 1.34. The van der Waals surface area contributed by atoms with E-state index in [0.29, 0.717) is 24.7 Å². The molecule has 0 radical (unpaired) electrons. The lowest BCUT2D eigenvalue weighted by atomic mass is 9.43. The first-order valence-electron chi connectivity index (χ1n) is 17.9. The summed E-state index contributed by atoms with van der Waals surface area (Å²) < 4.78 is 21.0. The predicted octanol–water partition coefficient (Wildman–Crippen LogP) is 7.93. The molecule has 4 aliphatic rings. The Morgan fingerprint density at radius 2 is 1.52 bits per heavy atom. The van der Waals surface area contributed by atoms with Gasteiger partial charge in [-0.1, -0.05) is 125 Å². The van der Waals surface area contributed by atoms with E-state index in [-0.39, 0.29) is 47.1 Å². The number of carbonyl (C=O) groups is 1. The van der Waals surface area contributed by atoms with Crippen LogP contribution in [-0.2, 0) is 25.3 Å². The first-order valence-corrected chi connectivity index (χ1v) is 20.0. The van der Waals surface area contributed by atoms with E-state index < -0.39 is 8.32 Å². The van der Waals surface area contributed by atoms with Crippen LogP contribution < -0.4 is 10.4 Å². The van der Waals surface area contributed by atoms with Gasteiger partial charge in [0, 0.05) is 17.8 Å². The second-order valence-corrected chi connectivity index (χ2v) is 18.7. The number of ether oxygens (including phenoxy) is 2. The number of hydrogen-bond acceptors (Lipinski definition) is 4. The summed E-state index contributed by atoms with van der Waals surface area (Å²) >= 11 is 0. The predicted molar refractivity (Wildman–Crippen MR) is 186 cm³/mol. The molecule has 46 heavy (non-hydrogen) atoms. The minimum Gasteiger partial charge on any atom is -0.404 e. The van der Waals surface area contributed by atoms with E-state index in [1.807, 2.05) is 6.07 Å². The van der Waals surface area contributed by atoms with Crippen molar-refractivity contribution in [2.24, 2.45) is 34.0 Å². The van der Waals surface area contributed by atoms with Crippen molar-refractivity contribution in [3.63, 3.8) is 0 Å². The van der Waals surface area contributed by atoms with Crippen LogP contribution in [0.3, 0.4) is 0 Å². The van der Waals surface area contributed by atoms with Crippen molar-refractivity contribution >= 4 is 24.5 Å². The van der Waals surface area contributed by atoms with Gasteiger partial charge in [0.1, 0.15) is 12.6 Å². The third-order valence-corrected chi connectivity index (χ3v) is 17.7. The van der Waals surface area contributed by atoms with Crippen LogP contribution in [-0.4, -0.2) is 33.1 Å². The molecule has 1 aliphatic heterocycles. The number of carbonyl (C=O) groups excluding carboxylic acids is 1. The minimum absolute atomic E-state index is 0.00467. The van der Waals surface area contributed by atoms with Gasteiger partial charge in [-0.2, -0.15) is 0 Å². The summed E-state index contributed by atoms with van der Waals surface area (Å²) in [6, 6.07) is 33.5. The molecular weight excluding hydrogens is 585 g/mol. The molecule has 3 aliphatic carbocycles. The molecule has 0 amide bonds. The standard InChI is InChI=1S/C41H52O4Si/c1-5-32-22-24-40-25-23-35(42)37(40)41(32)28-46(33-18-12-8-13-19-33,34-20-14-9-15-21-34)45-36(41)26-39(4,6-2)38(30(40)3)44-29-43-27-31-16-10-7-11-17-31/h7-21,30,32,36-38H,5-6,22-29H2,1-4H3/t30-,32+,36+,37+,38-,39+,40-,41?/m0/s1. The zero-order valence-corrected chi connectivity index (χ0v) is 29.3. The fourth-order valence-corrected chi connectivity index (χ4v) is 16.0. The molecule has 1 spiro atoms. The molecule has 0 N–H and O–H groups in total. The molecule has 8 atom stereocenters. The van der Waals surface area contributed by atoms with E-state index in [9.17, 15) is 4.79 Å². The maximum absolute atomic E-state index is 14.6. The average molecular weight is 637 g/mol. The number of rotatable bonds is 9. The Morgan fingerprint density at radius 1 is 0.891 bits per heavy atom. The molecular formula is C41H52O4Si. The van der Waals surface area contributed by atoms with E-state index in [4.69, 9.17) is 13.9 Å². The summed E-state index contributed by atoms with van der Waals surface area (Å²) in [5.41, 5.74) is 0.782. The summed E-state index contributed by atoms with van der Waals surface area (Å²) in [5.74, 6) is 1.22. The van der Waals surface area contributed by atoms with E-state index in [2.05, 4.69) is 113 Å². The Bertz CT molecular complexity index is 1460. The van der Waals surface area contributed by atoms with Gasteiger partial charge in [0.25, 0.3) is 8.32 Å². The molecule has 4 nitrogen and oxygen atoms in total. The van der Waals surface area contributed by atoms with Crippen molar-refractivity contribution in [3.8, 4) is 0 Å². The van der Waals surface area contributed by atoms with Crippen molar-refractivity contribution in [2.45, 2.75) is 97.5 Å². The summed E-state index contributed by atoms with van der Waals surface area (Å²) in [4.78, 5) is 14.6. The zero-order valence-electron chi connectivity index (χ0n) is 28.3. The van der Waals surface area contributed by atoms with Gasteiger partial charge in [-0.3, -0.25) is 4.79 Å². The van der Waals surface area contributed by atoms with Crippen molar-refractivity contribution in [1.82, 2.24) is 0 Å². The molecule has 1 unspecified atom stereocenters. The van der Waals surface area contributed by atoms with Gasteiger partial charge in [-0.25, -0.2) is 0 Å². The Kier molecular flexibility index (Phi) is 8.67. The third-order valence-electron chi connectivity index (χ3n) is 13.4. The lowest BCUT2D eigenvalue weighted by molar-refractivity contribution is -0.219. The topological polar surface area (TPSA) is 44.8 Å². The van der Waals surface area contributed by atoms with E-state index in [1.165, 1.54) is 16.8 Å². The molecule has 5 heteroatoms. The zero-order chi connectivity index (χ0) is 32.0. The van der Waals surface area contributed by atoms with E-state index in [0.717, 1.165) is 43.7 Å². The van der Waals surface area contributed by atoms with Crippen molar-refractivity contribution in [3.05, 3.63) is 96.6 Å². The fourth-order valence-electron chi connectivity index (χ4n) is 11.1. The molecule has 3 aromatic rings. The summed E-state index contributed by atoms with van der Waals surface area (Å²) in [6.45, 7) is 10.4. The van der Waals surface area contributed by atoms with Gasteiger partial charge in [-0.15, -0.1) is 0 Å². The molecule has 1 heterocycles. The van der Waals surface area contributed by atoms with E-state index in [1.54, 1.807) is 0 Å². The quantitative estimate of drug-likeness (QED) is 0.136. The molecule has 2 bridgehead atoms. The Morgan fingerprint density at radius 3 is 2.13 bits per heavy atom. The van der Waals surface area contributed by atoms with Crippen molar-refractivity contribution in [2.75, 3.05) is 6.79 Å². The Hall–Kier alpha value is -2.57. The number of ketones is 1. The maximum Gasteiger partial charge on any atom is 0.256 e. The number of Topliss-reactive ketones (excluding diaryl/α,β-unsaturated/α-hetero) is 1. The molecule has 0 aromatic heterocycles. The van der Waals surface area contributed by atoms with Gasteiger partial charge in [0.15, 0.2) is 0 Å². The number of hydrogen-bond donors (Lipinski definition) is 0. The van der Waals surface area contributed by atoms with Crippen LogP contribution in [0, 0.1) is 34.0 Å². The van der Waals surface area contributed by atoms with Crippen molar-refractivity contribution in [1.29, 1.82) is 0 Å². The highest BCUT2D eigenvalue weighted by molar-refractivity contribution is 6.98. The molecule has 4 fully saturated rings. The van der Waals surface area contributed by atoms with Gasteiger partial charge in [0.05, 0.1) is 18.8 Å². The highest BCUT2D eigenvalue weighted by Gasteiger charge is 2.74. The van der Waals surface area contributed by atoms with Crippen LogP contribution in [0.15, 0.2) is 91.0 Å². The smallest absolute Gasteiger partial charge is 0.256 e. The molecule has 1 saturated heterocycles. The summed E-state index contributed by atoms with van der Waals surface area (Å²) in [5, 5.41) is 2.68. The van der Waals surface area contributed by atoms with Crippen LogP contribution in [0.5, 0.6) is 0 Å². The average Bonchev–Trinajstić information content (AvgIpc) is 3.62. The van der Waals surface area contributed by atoms with Crippen LogP contribution in [0.25, 0.3) is 0 Å². The minimum atomic E-state index is -2.70. The second kappa shape index (κ2) is 12.5. The maximum atomic E-state index is 14.6. The normalized spacial score (nSPS) is 36.4. The first-order chi connectivity index (χ1) is 22.3. The third kappa shape index (κ3) is 4.91. The highest BCUT2D eigenvalue weighted by Crippen LogP contribution is 2.72. The second-order valence-electron chi connectivity index (χ2n) is 15.3. The van der Waals surface area contributed by atoms with E-state index >= 15 is 0 Å². The molecule has 244 valence electrons. The number of benzene rings is 3. The molecule has 3 saturated carbocycles. The van der Waals surface area contributed by atoms with Gasteiger partial charge in [-0.05, 0) is 76.8 Å². The van der Waals surface area contributed by atoms with Gasteiger partial charge >= 0.3 is 0 Å². The SMILES string of the molecule is CC[C@@H]1CC[C@@]23CCC(=O)[C@H]2C12C[Si](c1ccccc1)(c1ccccc1)O[C@@H]2C[C@@](C)(CC)[C@@H](OCOCc1ccccc1)[C@@H]3C. The lowest BCUT2D eigenvalue weighted by Crippen LogP contribution is -2.63. The summed E-state index contributed by atoms with van der Waals surface area (Å²) in [7, 11) is -2.70. The van der Waals surface area contributed by atoms with Gasteiger partial charge < -0.3 is 13.9 Å². The monoisotopic (exact) mass is 636 g/mol. The molecule has 3 aromatic carbocycles.